The molecule has 3 nitrogen and oxygen atoms in total. The van der Waals surface area contributed by atoms with Crippen molar-refractivity contribution in [2.75, 3.05) is 19.8 Å². The van der Waals surface area contributed by atoms with Crippen molar-refractivity contribution in [2.45, 2.75) is 65.7 Å². The van der Waals surface area contributed by atoms with Gasteiger partial charge in [0, 0.05) is 13.2 Å². The summed E-state index contributed by atoms with van der Waals surface area (Å²) in [4.78, 5) is 11.3. The molecule has 0 aliphatic rings. The Morgan fingerprint density at radius 2 is 1.78 bits per heavy atom. The lowest BCUT2D eigenvalue weighted by Gasteiger charge is -2.06. The molecule has 108 valence electrons. The number of carbonyl (C=O) groups excluding carboxylic acids is 1. The smallest absolute Gasteiger partial charge is 0.245 e. The van der Waals surface area contributed by atoms with Crippen LogP contribution in [-0.4, -0.2) is 25.7 Å². The fraction of sp³-hybridized carbons (Fsp3) is 0.933. The molecule has 0 aromatic heterocycles. The molecule has 18 heavy (non-hydrogen) atoms. The first-order valence-corrected chi connectivity index (χ1v) is 7.51. The first kappa shape index (κ1) is 17.4. The molecule has 0 aromatic rings. The van der Waals surface area contributed by atoms with Gasteiger partial charge < -0.3 is 10.1 Å². The molecule has 0 saturated carbocycles. The molecule has 1 N–H and O–H groups in total. The van der Waals surface area contributed by atoms with Gasteiger partial charge in [-0.15, -0.1) is 0 Å². The number of nitrogens with one attached hydrogen (secondary N) is 1. The van der Waals surface area contributed by atoms with Gasteiger partial charge >= 0.3 is 0 Å². The zero-order chi connectivity index (χ0) is 13.6. The third-order valence-corrected chi connectivity index (χ3v) is 2.86. The summed E-state index contributed by atoms with van der Waals surface area (Å²) in [5.74, 6) is 0.843. The SMILES string of the molecule is CCCOCC(=O)NCCCCCCCC(C)C. The summed E-state index contributed by atoms with van der Waals surface area (Å²) in [6.45, 7) is 8.26. The van der Waals surface area contributed by atoms with Gasteiger partial charge in [0.05, 0.1) is 0 Å². The van der Waals surface area contributed by atoms with E-state index in [1.54, 1.807) is 0 Å². The number of amides is 1. The van der Waals surface area contributed by atoms with E-state index >= 15 is 0 Å². The molecule has 0 heterocycles. The minimum atomic E-state index is 0.0169. The van der Waals surface area contributed by atoms with Crippen LogP contribution in [0.15, 0.2) is 0 Å². The predicted molar refractivity (Wildman–Crippen MR) is 76.7 cm³/mol. The molecular weight excluding hydrogens is 226 g/mol. The highest BCUT2D eigenvalue weighted by Gasteiger charge is 1.99. The Bertz CT molecular complexity index is 193. The van der Waals surface area contributed by atoms with Gasteiger partial charge in [0.2, 0.25) is 5.91 Å². The molecular formula is C15H31NO2. The van der Waals surface area contributed by atoms with E-state index in [-0.39, 0.29) is 12.5 Å². The van der Waals surface area contributed by atoms with E-state index < -0.39 is 0 Å². The highest BCUT2D eigenvalue weighted by Crippen LogP contribution is 2.10. The van der Waals surface area contributed by atoms with Gasteiger partial charge in [0.15, 0.2) is 0 Å². The minimum absolute atomic E-state index is 0.0169. The van der Waals surface area contributed by atoms with Crippen LogP contribution in [0.25, 0.3) is 0 Å². The summed E-state index contributed by atoms with van der Waals surface area (Å²) in [7, 11) is 0. The van der Waals surface area contributed by atoms with E-state index in [1.165, 1.54) is 32.1 Å². The molecule has 0 atom stereocenters. The Morgan fingerprint density at radius 3 is 2.44 bits per heavy atom. The van der Waals surface area contributed by atoms with Crippen LogP contribution in [0.4, 0.5) is 0 Å². The van der Waals surface area contributed by atoms with Crippen LogP contribution in [0, 0.1) is 5.92 Å². The second-order valence-electron chi connectivity index (χ2n) is 5.35. The van der Waals surface area contributed by atoms with Crippen molar-refractivity contribution >= 4 is 5.91 Å². The van der Waals surface area contributed by atoms with E-state index in [4.69, 9.17) is 4.74 Å². The van der Waals surface area contributed by atoms with Crippen molar-refractivity contribution in [1.82, 2.24) is 5.32 Å². The number of rotatable bonds is 12. The number of hydrogen-bond acceptors (Lipinski definition) is 2. The average molecular weight is 257 g/mol. The maximum Gasteiger partial charge on any atom is 0.245 e. The predicted octanol–water partition coefficient (Wildman–Crippen LogP) is 3.53. The lowest BCUT2D eigenvalue weighted by atomic mass is 10.0. The molecule has 0 rings (SSSR count). The van der Waals surface area contributed by atoms with E-state index in [9.17, 15) is 4.79 Å². The summed E-state index contributed by atoms with van der Waals surface area (Å²) in [6, 6.07) is 0. The molecule has 0 radical (unpaired) electrons. The van der Waals surface area contributed by atoms with Crippen molar-refractivity contribution in [3.8, 4) is 0 Å². The summed E-state index contributed by atoms with van der Waals surface area (Å²) >= 11 is 0. The second kappa shape index (κ2) is 12.9. The Morgan fingerprint density at radius 1 is 1.11 bits per heavy atom. The normalized spacial score (nSPS) is 10.9. The highest BCUT2D eigenvalue weighted by molar-refractivity contribution is 5.77. The summed E-state index contributed by atoms with van der Waals surface area (Å²) in [5.41, 5.74) is 0. The summed E-state index contributed by atoms with van der Waals surface area (Å²) < 4.78 is 5.17. The van der Waals surface area contributed by atoms with Gasteiger partial charge in [-0.3, -0.25) is 4.79 Å². The van der Waals surface area contributed by atoms with E-state index in [0.717, 1.165) is 25.3 Å². The molecule has 0 bridgehead atoms. The van der Waals surface area contributed by atoms with Crippen LogP contribution in [-0.2, 0) is 9.53 Å². The van der Waals surface area contributed by atoms with Crippen LogP contribution in [0.5, 0.6) is 0 Å². The summed E-state index contributed by atoms with van der Waals surface area (Å²) in [6.07, 6.45) is 8.56. The first-order valence-electron chi connectivity index (χ1n) is 7.51. The molecule has 0 aromatic carbocycles. The van der Waals surface area contributed by atoms with Crippen molar-refractivity contribution in [3.05, 3.63) is 0 Å². The monoisotopic (exact) mass is 257 g/mol. The van der Waals surface area contributed by atoms with E-state index in [2.05, 4.69) is 19.2 Å². The van der Waals surface area contributed by atoms with Crippen LogP contribution in [0.2, 0.25) is 0 Å². The van der Waals surface area contributed by atoms with Gasteiger partial charge in [-0.25, -0.2) is 0 Å². The maximum absolute atomic E-state index is 11.3. The Balaban J connectivity index is 3.12. The third-order valence-electron chi connectivity index (χ3n) is 2.86. The van der Waals surface area contributed by atoms with Gasteiger partial charge in [0.1, 0.15) is 6.61 Å². The third kappa shape index (κ3) is 13.5. The van der Waals surface area contributed by atoms with Crippen molar-refractivity contribution in [1.29, 1.82) is 0 Å². The minimum Gasteiger partial charge on any atom is -0.372 e. The highest BCUT2D eigenvalue weighted by atomic mass is 16.5. The molecule has 0 aliphatic heterocycles. The topological polar surface area (TPSA) is 38.3 Å². The number of unbranched alkanes of at least 4 members (excludes halogenated alkanes) is 4. The summed E-state index contributed by atoms with van der Waals surface area (Å²) in [5, 5.41) is 2.89. The van der Waals surface area contributed by atoms with Crippen LogP contribution < -0.4 is 5.32 Å². The number of carbonyl (C=O) groups is 1. The van der Waals surface area contributed by atoms with Crippen molar-refractivity contribution in [3.63, 3.8) is 0 Å². The standard InChI is InChI=1S/C15H31NO2/c1-4-12-18-13-15(17)16-11-9-7-5-6-8-10-14(2)3/h14H,4-13H2,1-3H3,(H,16,17). The van der Waals surface area contributed by atoms with Crippen LogP contribution >= 0.6 is 0 Å². The second-order valence-corrected chi connectivity index (χ2v) is 5.35. The lowest BCUT2D eigenvalue weighted by Crippen LogP contribution is -2.28. The maximum atomic E-state index is 11.3. The van der Waals surface area contributed by atoms with Gasteiger partial charge in [-0.05, 0) is 18.8 Å². The quantitative estimate of drug-likeness (QED) is 0.543. The molecule has 3 heteroatoms. The number of hydrogen-bond donors (Lipinski definition) is 1. The van der Waals surface area contributed by atoms with Gasteiger partial charge in [-0.2, -0.15) is 0 Å². The van der Waals surface area contributed by atoms with Crippen LogP contribution in [0.3, 0.4) is 0 Å². The largest absolute Gasteiger partial charge is 0.372 e. The molecule has 0 aliphatic carbocycles. The molecule has 1 amide bonds. The Labute approximate surface area is 113 Å². The van der Waals surface area contributed by atoms with Crippen molar-refractivity contribution in [2.24, 2.45) is 5.92 Å². The molecule has 0 fully saturated rings. The molecule has 0 saturated heterocycles. The van der Waals surface area contributed by atoms with Crippen LogP contribution in [0.1, 0.15) is 65.7 Å². The molecule has 0 spiro atoms. The van der Waals surface area contributed by atoms with E-state index in [0.29, 0.717) is 6.61 Å². The number of ether oxygens (including phenoxy) is 1. The Hall–Kier alpha value is -0.570. The fourth-order valence-corrected chi connectivity index (χ4v) is 1.80. The van der Waals surface area contributed by atoms with E-state index in [1.807, 2.05) is 6.92 Å². The zero-order valence-corrected chi connectivity index (χ0v) is 12.5. The fourth-order valence-electron chi connectivity index (χ4n) is 1.80. The van der Waals surface area contributed by atoms with Gasteiger partial charge in [0.25, 0.3) is 0 Å². The average Bonchev–Trinajstić information content (AvgIpc) is 2.32. The van der Waals surface area contributed by atoms with Gasteiger partial charge in [-0.1, -0.05) is 52.9 Å². The first-order chi connectivity index (χ1) is 8.66. The van der Waals surface area contributed by atoms with Crippen molar-refractivity contribution < 1.29 is 9.53 Å². The zero-order valence-electron chi connectivity index (χ0n) is 12.5. The molecule has 0 unspecified atom stereocenters. The lowest BCUT2D eigenvalue weighted by molar-refractivity contribution is -0.125. The Kier molecular flexibility index (Phi) is 12.5.